The van der Waals surface area contributed by atoms with Gasteiger partial charge in [-0.05, 0) is 56.8 Å². The van der Waals surface area contributed by atoms with Gasteiger partial charge in [0.25, 0.3) is 0 Å². The molecule has 2 heterocycles. The standard InChI is InChI=1S/C21H22N4O2S/c1-12-7-6-8-15(9-12)25-14(3)18(20(26)27-5)19(23-21(25)28)17-10-16(11-22)24(4)13(17)2/h6-10,19H,1-5H3,(H,23,28)/t19-/m1/s1. The SMILES string of the molecule is COC(=O)C1=C(C)N(c2cccc(C)c2)C(=S)N[C@@H]1c1cc(C#N)n(C)c1C. The fourth-order valence-corrected chi connectivity index (χ4v) is 3.91. The molecule has 0 radical (unpaired) electrons. The molecule has 0 bridgehead atoms. The largest absolute Gasteiger partial charge is 0.466 e. The monoisotopic (exact) mass is 394 g/mol. The van der Waals surface area contributed by atoms with Crippen LogP contribution in [0.1, 0.15) is 35.5 Å². The fraction of sp³-hybridized carbons (Fsp3) is 0.286. The minimum Gasteiger partial charge on any atom is -0.466 e. The molecule has 7 heteroatoms. The maximum absolute atomic E-state index is 12.7. The third-order valence-corrected chi connectivity index (χ3v) is 5.45. The molecule has 0 spiro atoms. The smallest absolute Gasteiger partial charge is 0.337 e. The quantitative estimate of drug-likeness (QED) is 0.636. The van der Waals surface area contributed by atoms with Gasteiger partial charge in [-0.2, -0.15) is 5.26 Å². The molecule has 28 heavy (non-hydrogen) atoms. The van der Waals surface area contributed by atoms with E-state index in [1.807, 2.05) is 57.0 Å². The number of rotatable bonds is 3. The van der Waals surface area contributed by atoms with E-state index in [0.717, 1.165) is 22.5 Å². The molecule has 1 aliphatic heterocycles. The van der Waals surface area contributed by atoms with Gasteiger partial charge in [0.2, 0.25) is 0 Å². The molecule has 3 rings (SSSR count). The first-order valence-corrected chi connectivity index (χ1v) is 9.23. The van der Waals surface area contributed by atoms with Gasteiger partial charge in [-0.15, -0.1) is 0 Å². The normalized spacial score (nSPS) is 16.6. The minimum absolute atomic E-state index is 0.433. The number of carbonyl (C=O) groups excluding carboxylic acids is 1. The molecule has 0 amide bonds. The average molecular weight is 395 g/mol. The Morgan fingerprint density at radius 2 is 2.00 bits per heavy atom. The third-order valence-electron chi connectivity index (χ3n) is 5.15. The molecule has 0 saturated carbocycles. The van der Waals surface area contributed by atoms with Crippen LogP contribution in [0.3, 0.4) is 0 Å². The molecule has 0 unspecified atom stereocenters. The summed E-state index contributed by atoms with van der Waals surface area (Å²) in [6.45, 7) is 5.78. The first-order valence-electron chi connectivity index (χ1n) is 8.82. The summed E-state index contributed by atoms with van der Waals surface area (Å²) in [4.78, 5) is 14.6. The number of benzene rings is 1. The highest BCUT2D eigenvalue weighted by atomic mass is 32.1. The molecule has 1 N–H and O–H groups in total. The van der Waals surface area contributed by atoms with Gasteiger partial charge in [0, 0.05) is 29.7 Å². The van der Waals surface area contributed by atoms with Gasteiger partial charge in [-0.3, -0.25) is 4.90 Å². The predicted molar refractivity (Wildman–Crippen MR) is 112 cm³/mol. The second-order valence-corrected chi connectivity index (χ2v) is 7.18. The van der Waals surface area contributed by atoms with Crippen molar-refractivity contribution < 1.29 is 9.53 Å². The number of ether oxygens (including phenoxy) is 1. The molecule has 6 nitrogen and oxygen atoms in total. The van der Waals surface area contributed by atoms with Gasteiger partial charge in [0.1, 0.15) is 11.8 Å². The van der Waals surface area contributed by atoms with E-state index in [0.29, 0.717) is 22.1 Å². The van der Waals surface area contributed by atoms with Gasteiger partial charge in [0.15, 0.2) is 5.11 Å². The van der Waals surface area contributed by atoms with E-state index >= 15 is 0 Å². The number of methoxy groups -OCH3 is 1. The lowest BCUT2D eigenvalue weighted by atomic mass is 9.94. The number of nitrogens with zero attached hydrogens (tertiary/aromatic N) is 3. The van der Waals surface area contributed by atoms with Gasteiger partial charge < -0.3 is 14.6 Å². The van der Waals surface area contributed by atoms with Crippen molar-refractivity contribution in [1.82, 2.24) is 9.88 Å². The summed E-state index contributed by atoms with van der Waals surface area (Å²) < 4.78 is 6.88. The van der Waals surface area contributed by atoms with Gasteiger partial charge in [0.05, 0.1) is 18.7 Å². The Morgan fingerprint density at radius 3 is 2.57 bits per heavy atom. The maximum atomic E-state index is 12.7. The van der Waals surface area contributed by atoms with Crippen LogP contribution < -0.4 is 10.2 Å². The number of nitrogens with one attached hydrogen (secondary N) is 1. The summed E-state index contributed by atoms with van der Waals surface area (Å²) >= 11 is 5.65. The van der Waals surface area contributed by atoms with Crippen molar-refractivity contribution in [3.8, 4) is 6.07 Å². The first-order chi connectivity index (χ1) is 13.3. The number of allylic oxidation sites excluding steroid dienone is 1. The van der Waals surface area contributed by atoms with Crippen LogP contribution >= 0.6 is 12.2 Å². The molecular formula is C21H22N4O2S. The molecule has 0 aliphatic carbocycles. The van der Waals surface area contributed by atoms with E-state index in [9.17, 15) is 10.1 Å². The average Bonchev–Trinajstić information content (AvgIpc) is 2.95. The molecule has 1 aromatic carbocycles. The topological polar surface area (TPSA) is 70.3 Å². The number of aromatic nitrogens is 1. The van der Waals surface area contributed by atoms with E-state index in [1.54, 1.807) is 10.6 Å². The molecule has 1 atom stereocenters. The van der Waals surface area contributed by atoms with Crippen LogP contribution in [0, 0.1) is 25.2 Å². The summed E-state index contributed by atoms with van der Waals surface area (Å²) in [6.07, 6.45) is 0. The van der Waals surface area contributed by atoms with E-state index in [1.165, 1.54) is 7.11 Å². The Labute approximate surface area is 170 Å². The minimum atomic E-state index is -0.491. The Hall–Kier alpha value is -3.11. The molecular weight excluding hydrogens is 372 g/mol. The van der Waals surface area contributed by atoms with Crippen molar-refractivity contribution >= 4 is 29.0 Å². The lowest BCUT2D eigenvalue weighted by Gasteiger charge is -2.37. The fourth-order valence-electron chi connectivity index (χ4n) is 3.55. The van der Waals surface area contributed by atoms with E-state index in [4.69, 9.17) is 17.0 Å². The van der Waals surface area contributed by atoms with Crippen molar-refractivity contribution in [2.75, 3.05) is 12.0 Å². The van der Waals surface area contributed by atoms with Crippen molar-refractivity contribution in [3.05, 3.63) is 64.1 Å². The second kappa shape index (κ2) is 7.49. The Morgan fingerprint density at radius 1 is 1.29 bits per heavy atom. The summed E-state index contributed by atoms with van der Waals surface area (Å²) in [7, 11) is 3.19. The molecule has 2 aromatic rings. The summed E-state index contributed by atoms with van der Waals surface area (Å²) in [5, 5.41) is 13.1. The molecule has 1 aliphatic rings. The highest BCUT2D eigenvalue weighted by molar-refractivity contribution is 7.80. The maximum Gasteiger partial charge on any atom is 0.337 e. The zero-order valence-corrected chi connectivity index (χ0v) is 17.3. The first kappa shape index (κ1) is 19.6. The molecule has 0 saturated heterocycles. The van der Waals surface area contributed by atoms with Crippen molar-refractivity contribution in [2.45, 2.75) is 26.8 Å². The van der Waals surface area contributed by atoms with Crippen LogP contribution in [0.15, 0.2) is 41.6 Å². The Bertz CT molecular complexity index is 1050. The summed E-state index contributed by atoms with van der Waals surface area (Å²) in [5.41, 5.74) is 5.36. The van der Waals surface area contributed by atoms with Crippen LogP contribution in [0.5, 0.6) is 0 Å². The number of carbonyl (C=O) groups is 1. The number of hydrogen-bond acceptors (Lipinski definition) is 4. The van der Waals surface area contributed by atoms with E-state index in [2.05, 4.69) is 11.4 Å². The number of esters is 1. The molecule has 1 aromatic heterocycles. The van der Waals surface area contributed by atoms with Gasteiger partial charge in [-0.1, -0.05) is 12.1 Å². The molecule has 144 valence electrons. The zero-order chi connectivity index (χ0) is 20.6. The van der Waals surface area contributed by atoms with Gasteiger partial charge in [-0.25, -0.2) is 4.79 Å². The van der Waals surface area contributed by atoms with Crippen molar-refractivity contribution in [1.29, 1.82) is 5.26 Å². The van der Waals surface area contributed by atoms with Crippen LogP contribution in [-0.4, -0.2) is 22.8 Å². The Balaban J connectivity index is 2.20. The number of hydrogen-bond donors (Lipinski definition) is 1. The van der Waals surface area contributed by atoms with Crippen molar-refractivity contribution in [3.63, 3.8) is 0 Å². The number of anilines is 1. The van der Waals surface area contributed by atoms with E-state index < -0.39 is 12.0 Å². The van der Waals surface area contributed by atoms with Crippen LogP contribution in [0.25, 0.3) is 0 Å². The highest BCUT2D eigenvalue weighted by Crippen LogP contribution is 2.36. The molecule has 0 fully saturated rings. The lowest BCUT2D eigenvalue weighted by molar-refractivity contribution is -0.136. The summed E-state index contributed by atoms with van der Waals surface area (Å²) in [6, 6.07) is 11.4. The van der Waals surface area contributed by atoms with Crippen LogP contribution in [-0.2, 0) is 16.6 Å². The highest BCUT2D eigenvalue weighted by Gasteiger charge is 2.36. The second-order valence-electron chi connectivity index (χ2n) is 6.79. The van der Waals surface area contributed by atoms with Crippen LogP contribution in [0.4, 0.5) is 5.69 Å². The van der Waals surface area contributed by atoms with Crippen molar-refractivity contribution in [2.24, 2.45) is 7.05 Å². The number of thiocarbonyl (C=S) groups is 1. The predicted octanol–water partition coefficient (Wildman–Crippen LogP) is 3.40. The van der Waals surface area contributed by atoms with Crippen LogP contribution in [0.2, 0.25) is 0 Å². The summed E-state index contributed by atoms with van der Waals surface area (Å²) in [5.74, 6) is -0.433. The van der Waals surface area contributed by atoms with E-state index in [-0.39, 0.29) is 0 Å². The zero-order valence-electron chi connectivity index (χ0n) is 16.5. The lowest BCUT2D eigenvalue weighted by Crippen LogP contribution is -2.48. The Kier molecular flexibility index (Phi) is 5.25. The third kappa shape index (κ3) is 3.16. The number of aryl methyl sites for hydroxylation is 1. The van der Waals surface area contributed by atoms with Gasteiger partial charge >= 0.3 is 5.97 Å². The number of nitriles is 1.